The van der Waals surface area contributed by atoms with Gasteiger partial charge in [0.05, 0.1) is 0 Å². The van der Waals surface area contributed by atoms with Crippen molar-refractivity contribution in [2.75, 3.05) is 0 Å². The van der Waals surface area contributed by atoms with Crippen LogP contribution in [-0.2, 0) is 28.6 Å². The Labute approximate surface area is 89.6 Å². The zero-order valence-corrected chi connectivity index (χ0v) is 9.45. The van der Waals surface area contributed by atoms with Crippen LogP contribution in [-0.4, -0.2) is 28.2 Å². The minimum absolute atomic E-state index is 0.284. The van der Waals surface area contributed by atoms with Gasteiger partial charge in [0.15, 0.2) is 5.38 Å². The predicted molar refractivity (Wildman–Crippen MR) is 48.1 cm³/mol. The summed E-state index contributed by atoms with van der Waals surface area (Å²) in [5.74, 6) is -2.60. The molecule has 3 radical (unpaired) electrons. The Morgan fingerprint density at radius 3 is 1.40 bits per heavy atom. The van der Waals surface area contributed by atoms with Crippen molar-refractivity contribution in [1.29, 1.82) is 0 Å². The lowest BCUT2D eigenvalue weighted by molar-refractivity contribution is -0.153. The minimum Gasteiger partial charge on any atom is -0.430 e. The van der Waals surface area contributed by atoms with E-state index in [9.17, 15) is 14.4 Å². The predicted octanol–water partition coefficient (Wildman–Crippen LogP) is -0.0292. The number of ether oxygens (including phenoxy) is 3. The molecule has 0 bridgehead atoms. The Morgan fingerprint density at radius 2 is 1.13 bits per heavy atom. The molecule has 0 unspecified atom stereocenters. The van der Waals surface area contributed by atoms with Crippen LogP contribution in [0.5, 0.6) is 0 Å². The second-order valence-corrected chi connectivity index (χ2v) is 2.85. The quantitative estimate of drug-likeness (QED) is 0.384. The van der Waals surface area contributed by atoms with Crippen molar-refractivity contribution in [3.05, 3.63) is 11.3 Å². The van der Waals surface area contributed by atoms with E-state index in [0.717, 1.165) is 20.8 Å². The highest BCUT2D eigenvalue weighted by Crippen LogP contribution is 2.08. The van der Waals surface area contributed by atoms with Gasteiger partial charge < -0.3 is 14.2 Å². The lowest BCUT2D eigenvalue weighted by atomic mass is 10.7. The van der Waals surface area contributed by atoms with Gasteiger partial charge in [-0.15, -0.1) is 0 Å². The van der Waals surface area contributed by atoms with Gasteiger partial charge in [0.1, 0.15) is 10.2 Å². The number of carbonyl (C=O) groups excluding carboxylic acids is 3. The molecule has 0 fully saturated rings. The first kappa shape index (κ1) is 13.4. The van der Waals surface area contributed by atoms with E-state index >= 15 is 0 Å². The average Bonchev–Trinajstić information content (AvgIpc) is 1.99. The molecule has 0 aliphatic heterocycles. The van der Waals surface area contributed by atoms with Crippen LogP contribution in [0.1, 0.15) is 20.8 Å². The van der Waals surface area contributed by atoms with E-state index in [1.807, 2.05) is 0 Å². The van der Waals surface area contributed by atoms with Crippen LogP contribution in [0.25, 0.3) is 0 Å². The third-order valence-corrected chi connectivity index (χ3v) is 1.21. The molecule has 6 nitrogen and oxygen atoms in total. The van der Waals surface area contributed by atoms with Crippen LogP contribution in [0.2, 0.25) is 0 Å². The fraction of sp³-hybridized carbons (Fsp3) is 0.375. The summed E-state index contributed by atoms with van der Waals surface area (Å²) in [6, 6.07) is 0. The highest BCUT2D eigenvalue weighted by Gasteiger charge is 2.14. The Morgan fingerprint density at radius 1 is 0.800 bits per heavy atom. The van der Waals surface area contributed by atoms with Crippen molar-refractivity contribution >= 4 is 28.2 Å². The first-order valence-corrected chi connectivity index (χ1v) is 4.34. The van der Waals surface area contributed by atoms with Gasteiger partial charge >= 0.3 is 23.9 Å². The molecule has 0 spiro atoms. The van der Waals surface area contributed by atoms with E-state index in [2.05, 4.69) is 24.5 Å². The Balaban J connectivity index is 4.78. The van der Waals surface area contributed by atoms with Crippen molar-refractivity contribution < 1.29 is 28.6 Å². The van der Waals surface area contributed by atoms with Gasteiger partial charge in [0.2, 0.25) is 0 Å². The van der Waals surface area contributed by atoms with Crippen molar-refractivity contribution in [3.63, 3.8) is 0 Å². The van der Waals surface area contributed by atoms with Crippen LogP contribution >= 0.6 is 0 Å². The number of esters is 3. The highest BCUT2D eigenvalue weighted by atomic mass is 28.1. The zero-order valence-electron chi connectivity index (χ0n) is 8.45. The maximum Gasteiger partial charge on any atom is 0.329 e. The molecule has 0 aromatic rings. The molecular weight excluding hydrogens is 220 g/mol. The standard InChI is InChI=1S/C8H9O6Si/c1-4(9)12-7(13-5(2)10)8(15)14-6(3)11/h1-3H3. The monoisotopic (exact) mass is 229 g/mol. The molecule has 0 aromatic heterocycles. The van der Waals surface area contributed by atoms with E-state index in [0.29, 0.717) is 0 Å². The Bertz CT molecular complexity index is 301. The summed E-state index contributed by atoms with van der Waals surface area (Å²) < 4.78 is 13.5. The van der Waals surface area contributed by atoms with Gasteiger partial charge in [-0.05, 0) is 0 Å². The molecule has 0 amide bonds. The molecule has 7 heteroatoms. The summed E-state index contributed by atoms with van der Waals surface area (Å²) in [5, 5.41) is -0.284. The van der Waals surface area contributed by atoms with Crippen molar-refractivity contribution in [3.8, 4) is 0 Å². The summed E-state index contributed by atoms with van der Waals surface area (Å²) in [6.45, 7) is 3.35. The maximum absolute atomic E-state index is 10.6. The van der Waals surface area contributed by atoms with Gasteiger partial charge in [-0.3, -0.25) is 14.4 Å². The molecule has 81 valence electrons. The molecule has 0 aliphatic rings. The lowest BCUT2D eigenvalue weighted by Gasteiger charge is -2.09. The number of hydrogen-bond acceptors (Lipinski definition) is 6. The maximum atomic E-state index is 10.6. The molecule has 0 rings (SSSR count). The van der Waals surface area contributed by atoms with Gasteiger partial charge in [-0.25, -0.2) is 0 Å². The van der Waals surface area contributed by atoms with Crippen LogP contribution in [0, 0.1) is 0 Å². The van der Waals surface area contributed by atoms with Crippen LogP contribution in [0.3, 0.4) is 0 Å². The molecule has 0 aromatic carbocycles. The fourth-order valence-electron chi connectivity index (χ4n) is 0.560. The molecule has 0 aliphatic carbocycles. The normalized spacial score (nSPS) is 8.80. The number of carbonyl (C=O) groups is 3. The van der Waals surface area contributed by atoms with E-state index in [1.165, 1.54) is 0 Å². The third-order valence-electron chi connectivity index (χ3n) is 0.904. The number of rotatable bonds is 3. The third kappa shape index (κ3) is 6.44. The summed E-state index contributed by atoms with van der Waals surface area (Å²) in [4.78, 5) is 31.8. The SMILES string of the molecule is CC(=O)OC([Si])=C(OC(C)=O)OC(C)=O. The Kier molecular flexibility index (Phi) is 5.32. The smallest absolute Gasteiger partial charge is 0.329 e. The largest absolute Gasteiger partial charge is 0.430 e. The molecule has 0 heterocycles. The fourth-order valence-corrected chi connectivity index (χ4v) is 0.806. The topological polar surface area (TPSA) is 78.9 Å². The highest BCUT2D eigenvalue weighted by molar-refractivity contribution is 6.21. The van der Waals surface area contributed by atoms with Gasteiger partial charge in [0.25, 0.3) is 0 Å². The first-order chi connectivity index (χ1) is 6.82. The van der Waals surface area contributed by atoms with Crippen molar-refractivity contribution in [2.24, 2.45) is 0 Å². The van der Waals surface area contributed by atoms with E-state index in [-0.39, 0.29) is 5.38 Å². The lowest BCUT2D eigenvalue weighted by Crippen LogP contribution is -2.12. The summed E-state index contributed by atoms with van der Waals surface area (Å²) in [5.41, 5.74) is 0. The molecule has 0 N–H and O–H groups in total. The van der Waals surface area contributed by atoms with Crippen LogP contribution < -0.4 is 0 Å². The van der Waals surface area contributed by atoms with Crippen molar-refractivity contribution in [1.82, 2.24) is 0 Å². The zero-order chi connectivity index (χ0) is 12.0. The van der Waals surface area contributed by atoms with Gasteiger partial charge in [-0.1, -0.05) is 0 Å². The molecule has 15 heavy (non-hydrogen) atoms. The van der Waals surface area contributed by atoms with Gasteiger partial charge in [-0.2, -0.15) is 0 Å². The summed E-state index contributed by atoms with van der Waals surface area (Å²) in [7, 11) is 2.84. The Hall–Kier alpha value is -1.63. The van der Waals surface area contributed by atoms with Crippen molar-refractivity contribution in [2.45, 2.75) is 20.8 Å². The second kappa shape index (κ2) is 5.97. The van der Waals surface area contributed by atoms with E-state index in [4.69, 9.17) is 0 Å². The summed E-state index contributed by atoms with van der Waals surface area (Å²) in [6.07, 6.45) is 0. The van der Waals surface area contributed by atoms with E-state index in [1.54, 1.807) is 0 Å². The van der Waals surface area contributed by atoms with Crippen LogP contribution in [0.4, 0.5) is 0 Å². The van der Waals surface area contributed by atoms with E-state index < -0.39 is 23.9 Å². The molecule has 0 saturated heterocycles. The van der Waals surface area contributed by atoms with Crippen LogP contribution in [0.15, 0.2) is 11.3 Å². The van der Waals surface area contributed by atoms with Gasteiger partial charge in [0, 0.05) is 20.8 Å². The minimum atomic E-state index is -0.714. The molecular formula is C8H9O6Si. The first-order valence-electron chi connectivity index (χ1n) is 3.84. The average molecular weight is 229 g/mol. The molecule has 0 saturated carbocycles. The second-order valence-electron chi connectivity index (χ2n) is 2.40. The summed E-state index contributed by atoms with van der Waals surface area (Å²) >= 11 is 0. The molecule has 0 atom stereocenters. The number of hydrogen-bond donors (Lipinski definition) is 0.